The van der Waals surface area contributed by atoms with Crippen LogP contribution in [0.2, 0.25) is 0 Å². The van der Waals surface area contributed by atoms with Gasteiger partial charge in [0, 0.05) is 16.7 Å². The Morgan fingerprint density at radius 1 is 1.58 bits per heavy atom. The van der Waals surface area contributed by atoms with Crippen LogP contribution in [0, 0.1) is 0 Å². The molecule has 1 aromatic rings. The van der Waals surface area contributed by atoms with Gasteiger partial charge in [0.05, 0.1) is 0 Å². The van der Waals surface area contributed by atoms with E-state index in [0.29, 0.717) is 12.5 Å². The summed E-state index contributed by atoms with van der Waals surface area (Å²) in [6.45, 7) is 2.53. The summed E-state index contributed by atoms with van der Waals surface area (Å²) in [5, 5.41) is 0. The van der Waals surface area contributed by atoms with E-state index in [9.17, 15) is 0 Å². The lowest BCUT2D eigenvalue weighted by Gasteiger charge is -2.00. The third kappa shape index (κ3) is 3.05. The van der Waals surface area contributed by atoms with E-state index in [1.54, 1.807) is 6.20 Å². The lowest BCUT2D eigenvalue weighted by molar-refractivity contribution is 0.348. The predicted molar refractivity (Wildman–Crippen MR) is 52.2 cm³/mol. The van der Waals surface area contributed by atoms with Crippen LogP contribution in [0.25, 0.3) is 0 Å². The fraction of sp³-hybridized carbons (Fsp3) is 0.222. The van der Waals surface area contributed by atoms with Crippen molar-refractivity contribution in [2.45, 2.75) is 6.92 Å². The number of nitrogens with zero attached hydrogens (tertiary/aromatic N) is 1. The van der Waals surface area contributed by atoms with Crippen molar-refractivity contribution in [2.24, 2.45) is 0 Å². The predicted octanol–water partition coefficient (Wildman–Crippen LogP) is 2.80. The standard InChI is InChI=1S/C9H10BrNO/c1-2-3-6-12-9-5-4-8(10)7-11-9/h2-5,7H,6H2,1H3/b3-2+. The first-order chi connectivity index (χ1) is 5.83. The molecule has 0 atom stereocenters. The fourth-order valence-electron chi connectivity index (χ4n) is 0.677. The van der Waals surface area contributed by atoms with Crippen LogP contribution in [0.4, 0.5) is 0 Å². The van der Waals surface area contributed by atoms with Gasteiger partial charge < -0.3 is 4.74 Å². The minimum atomic E-state index is 0.575. The first-order valence-electron chi connectivity index (χ1n) is 3.68. The summed E-state index contributed by atoms with van der Waals surface area (Å²) < 4.78 is 6.24. The molecule has 0 N–H and O–H groups in total. The topological polar surface area (TPSA) is 22.1 Å². The zero-order valence-corrected chi connectivity index (χ0v) is 8.41. The Morgan fingerprint density at radius 2 is 2.42 bits per heavy atom. The Bertz CT molecular complexity index is 256. The Labute approximate surface area is 80.4 Å². The van der Waals surface area contributed by atoms with Gasteiger partial charge in [-0.25, -0.2) is 4.98 Å². The van der Waals surface area contributed by atoms with Crippen molar-refractivity contribution in [3.05, 3.63) is 35.0 Å². The van der Waals surface area contributed by atoms with Gasteiger partial charge in [-0.3, -0.25) is 0 Å². The fourth-order valence-corrected chi connectivity index (χ4v) is 0.912. The molecule has 0 aromatic carbocycles. The summed E-state index contributed by atoms with van der Waals surface area (Å²) in [5.41, 5.74) is 0. The lowest BCUT2D eigenvalue weighted by atomic mass is 10.5. The van der Waals surface area contributed by atoms with Crippen LogP contribution in [-0.2, 0) is 0 Å². The molecule has 64 valence electrons. The molecule has 0 fully saturated rings. The van der Waals surface area contributed by atoms with Crippen molar-refractivity contribution in [3.8, 4) is 5.88 Å². The van der Waals surface area contributed by atoms with E-state index in [0.717, 1.165) is 4.47 Å². The van der Waals surface area contributed by atoms with Gasteiger partial charge in [-0.2, -0.15) is 0 Å². The van der Waals surface area contributed by atoms with Crippen molar-refractivity contribution < 1.29 is 4.74 Å². The van der Waals surface area contributed by atoms with E-state index < -0.39 is 0 Å². The number of pyridine rings is 1. The van der Waals surface area contributed by atoms with E-state index in [1.165, 1.54) is 0 Å². The van der Waals surface area contributed by atoms with Gasteiger partial charge >= 0.3 is 0 Å². The summed E-state index contributed by atoms with van der Waals surface area (Å²) in [5.74, 6) is 0.649. The number of hydrogen-bond donors (Lipinski definition) is 0. The van der Waals surface area contributed by atoms with Crippen LogP contribution in [0.5, 0.6) is 5.88 Å². The van der Waals surface area contributed by atoms with Gasteiger partial charge in [0.15, 0.2) is 0 Å². The average Bonchev–Trinajstić information content (AvgIpc) is 2.09. The minimum Gasteiger partial charge on any atom is -0.473 e. The van der Waals surface area contributed by atoms with E-state index in [2.05, 4.69) is 20.9 Å². The SMILES string of the molecule is C/C=C/COc1ccc(Br)cn1. The maximum absolute atomic E-state index is 5.28. The van der Waals surface area contributed by atoms with E-state index in [1.807, 2.05) is 31.2 Å². The zero-order valence-electron chi connectivity index (χ0n) is 6.83. The Balaban J connectivity index is 2.47. The van der Waals surface area contributed by atoms with Gasteiger partial charge in [0.2, 0.25) is 5.88 Å². The van der Waals surface area contributed by atoms with Crippen LogP contribution in [0.3, 0.4) is 0 Å². The quantitative estimate of drug-likeness (QED) is 0.742. The number of ether oxygens (including phenoxy) is 1. The number of aromatic nitrogens is 1. The lowest BCUT2D eigenvalue weighted by Crippen LogP contribution is -1.94. The molecule has 0 aliphatic heterocycles. The molecule has 0 aliphatic rings. The minimum absolute atomic E-state index is 0.575. The Morgan fingerprint density at radius 3 is 3.00 bits per heavy atom. The molecular formula is C9H10BrNO. The van der Waals surface area contributed by atoms with Crippen LogP contribution in [-0.4, -0.2) is 11.6 Å². The first-order valence-corrected chi connectivity index (χ1v) is 4.47. The zero-order chi connectivity index (χ0) is 8.81. The molecule has 0 unspecified atom stereocenters. The number of hydrogen-bond acceptors (Lipinski definition) is 2. The van der Waals surface area contributed by atoms with E-state index >= 15 is 0 Å². The maximum Gasteiger partial charge on any atom is 0.213 e. The first kappa shape index (κ1) is 9.26. The van der Waals surface area contributed by atoms with Gasteiger partial charge in [-0.15, -0.1) is 0 Å². The van der Waals surface area contributed by atoms with Crippen molar-refractivity contribution >= 4 is 15.9 Å². The molecule has 0 saturated carbocycles. The highest BCUT2D eigenvalue weighted by molar-refractivity contribution is 9.10. The molecule has 3 heteroatoms. The molecule has 0 spiro atoms. The highest BCUT2D eigenvalue weighted by atomic mass is 79.9. The molecule has 2 nitrogen and oxygen atoms in total. The van der Waals surface area contributed by atoms with Crippen LogP contribution < -0.4 is 4.74 Å². The smallest absolute Gasteiger partial charge is 0.213 e. The van der Waals surface area contributed by atoms with Crippen LogP contribution >= 0.6 is 15.9 Å². The van der Waals surface area contributed by atoms with Gasteiger partial charge in [0.25, 0.3) is 0 Å². The average molecular weight is 228 g/mol. The number of allylic oxidation sites excluding steroid dienone is 1. The van der Waals surface area contributed by atoms with Gasteiger partial charge in [0.1, 0.15) is 6.61 Å². The monoisotopic (exact) mass is 227 g/mol. The van der Waals surface area contributed by atoms with E-state index in [-0.39, 0.29) is 0 Å². The second-order valence-corrected chi connectivity index (χ2v) is 3.11. The van der Waals surface area contributed by atoms with Crippen molar-refractivity contribution in [1.82, 2.24) is 4.98 Å². The Hall–Kier alpha value is -0.830. The molecule has 0 radical (unpaired) electrons. The second-order valence-electron chi connectivity index (χ2n) is 2.19. The summed E-state index contributed by atoms with van der Waals surface area (Å²) in [6.07, 6.45) is 5.59. The Kier molecular flexibility index (Phi) is 3.80. The summed E-state index contributed by atoms with van der Waals surface area (Å²) >= 11 is 3.30. The number of halogens is 1. The molecule has 0 saturated heterocycles. The largest absolute Gasteiger partial charge is 0.473 e. The van der Waals surface area contributed by atoms with Crippen molar-refractivity contribution in [1.29, 1.82) is 0 Å². The molecule has 1 rings (SSSR count). The number of rotatable bonds is 3. The molecular weight excluding hydrogens is 218 g/mol. The van der Waals surface area contributed by atoms with Gasteiger partial charge in [-0.05, 0) is 28.9 Å². The molecule has 1 heterocycles. The van der Waals surface area contributed by atoms with E-state index in [4.69, 9.17) is 4.74 Å². The molecule has 0 bridgehead atoms. The second kappa shape index (κ2) is 4.93. The van der Waals surface area contributed by atoms with Crippen LogP contribution in [0.1, 0.15) is 6.92 Å². The summed E-state index contributed by atoms with van der Waals surface area (Å²) in [4.78, 5) is 4.05. The van der Waals surface area contributed by atoms with Crippen LogP contribution in [0.15, 0.2) is 35.0 Å². The highest BCUT2D eigenvalue weighted by Gasteiger charge is 1.91. The maximum atomic E-state index is 5.28. The third-order valence-electron chi connectivity index (χ3n) is 1.26. The van der Waals surface area contributed by atoms with Crippen molar-refractivity contribution in [3.63, 3.8) is 0 Å². The molecule has 12 heavy (non-hydrogen) atoms. The van der Waals surface area contributed by atoms with Gasteiger partial charge in [-0.1, -0.05) is 12.2 Å². The summed E-state index contributed by atoms with van der Waals surface area (Å²) in [7, 11) is 0. The van der Waals surface area contributed by atoms with Crippen molar-refractivity contribution in [2.75, 3.05) is 6.61 Å². The third-order valence-corrected chi connectivity index (χ3v) is 1.73. The molecule has 0 aliphatic carbocycles. The normalized spacial score (nSPS) is 10.5. The molecule has 0 amide bonds. The summed E-state index contributed by atoms with van der Waals surface area (Å²) in [6, 6.07) is 3.73. The molecule has 1 aromatic heterocycles. The highest BCUT2D eigenvalue weighted by Crippen LogP contribution is 2.11.